The quantitative estimate of drug-likeness (QED) is 0.745. The van der Waals surface area contributed by atoms with Gasteiger partial charge >= 0.3 is 0 Å². The monoisotopic (exact) mass is 290 g/mol. The summed E-state index contributed by atoms with van der Waals surface area (Å²) in [6, 6.07) is 9.01. The fourth-order valence-corrected chi connectivity index (χ4v) is 2.94. The molecule has 3 nitrogen and oxygen atoms in total. The van der Waals surface area contributed by atoms with Crippen LogP contribution >= 0.6 is 0 Å². The summed E-state index contributed by atoms with van der Waals surface area (Å²) in [5.41, 5.74) is 2.77. The van der Waals surface area contributed by atoms with Crippen LogP contribution in [0.5, 0.6) is 0 Å². The van der Waals surface area contributed by atoms with Gasteiger partial charge in [0.2, 0.25) is 0 Å². The first-order chi connectivity index (χ1) is 10.3. The van der Waals surface area contributed by atoms with Crippen molar-refractivity contribution in [2.45, 2.75) is 39.3 Å². The van der Waals surface area contributed by atoms with E-state index in [0.717, 1.165) is 39.4 Å². The van der Waals surface area contributed by atoms with E-state index in [4.69, 9.17) is 4.74 Å². The van der Waals surface area contributed by atoms with Crippen LogP contribution < -0.4 is 5.32 Å². The molecule has 0 bridgehead atoms. The van der Waals surface area contributed by atoms with Gasteiger partial charge < -0.3 is 15.0 Å². The maximum Gasteiger partial charge on any atom is 0.0506 e. The number of nitrogens with one attached hydrogen (secondary N) is 1. The molecule has 0 aromatic heterocycles. The Morgan fingerprint density at radius 1 is 1.24 bits per heavy atom. The van der Waals surface area contributed by atoms with E-state index in [2.05, 4.69) is 48.5 Å². The van der Waals surface area contributed by atoms with E-state index in [-0.39, 0.29) is 0 Å². The fraction of sp³-hybridized carbons (Fsp3) is 0.667. The average Bonchev–Trinajstić information content (AvgIpc) is 2.50. The average molecular weight is 290 g/mol. The maximum absolute atomic E-state index is 5.56. The van der Waals surface area contributed by atoms with Crippen molar-refractivity contribution in [2.24, 2.45) is 5.92 Å². The third-order valence-electron chi connectivity index (χ3n) is 4.06. The zero-order valence-corrected chi connectivity index (χ0v) is 13.6. The largest absolute Gasteiger partial charge is 0.381 e. The Kier molecular flexibility index (Phi) is 7.20. The first-order valence-corrected chi connectivity index (χ1v) is 8.32. The first-order valence-electron chi connectivity index (χ1n) is 8.32. The van der Waals surface area contributed by atoms with E-state index in [9.17, 15) is 0 Å². The summed E-state index contributed by atoms with van der Waals surface area (Å²) in [6.45, 7) is 8.32. The van der Waals surface area contributed by atoms with Gasteiger partial charge in [-0.15, -0.1) is 0 Å². The molecule has 1 aliphatic heterocycles. The lowest BCUT2D eigenvalue weighted by Crippen LogP contribution is -2.30. The summed E-state index contributed by atoms with van der Waals surface area (Å²) < 4.78 is 5.56. The van der Waals surface area contributed by atoms with E-state index < -0.39 is 0 Å². The molecule has 1 aromatic carbocycles. The van der Waals surface area contributed by atoms with Crippen LogP contribution in [-0.2, 0) is 17.8 Å². The van der Waals surface area contributed by atoms with E-state index in [1.165, 1.54) is 30.4 Å². The van der Waals surface area contributed by atoms with Gasteiger partial charge in [0.05, 0.1) is 6.61 Å². The van der Waals surface area contributed by atoms with E-state index in [1.807, 2.05) is 0 Å². The Bertz CT molecular complexity index is 385. The van der Waals surface area contributed by atoms with Crippen molar-refractivity contribution >= 4 is 0 Å². The highest BCUT2D eigenvalue weighted by Gasteiger charge is 2.15. The number of nitrogens with zero attached hydrogens (tertiary/aromatic N) is 1. The number of ether oxygens (including phenoxy) is 1. The molecule has 1 unspecified atom stereocenters. The highest BCUT2D eigenvalue weighted by molar-refractivity contribution is 5.22. The summed E-state index contributed by atoms with van der Waals surface area (Å²) >= 11 is 0. The highest BCUT2D eigenvalue weighted by Crippen LogP contribution is 2.15. The number of hydrogen-bond donors (Lipinski definition) is 1. The molecule has 1 saturated heterocycles. The summed E-state index contributed by atoms with van der Waals surface area (Å²) in [6.07, 6.45) is 3.72. The third-order valence-corrected chi connectivity index (χ3v) is 4.06. The minimum Gasteiger partial charge on any atom is -0.381 e. The van der Waals surface area contributed by atoms with E-state index in [0.29, 0.717) is 5.92 Å². The highest BCUT2D eigenvalue weighted by atomic mass is 16.5. The van der Waals surface area contributed by atoms with Gasteiger partial charge in [-0.3, -0.25) is 0 Å². The van der Waals surface area contributed by atoms with Crippen molar-refractivity contribution in [1.29, 1.82) is 0 Å². The van der Waals surface area contributed by atoms with Gasteiger partial charge in [-0.1, -0.05) is 31.2 Å². The van der Waals surface area contributed by atoms with Crippen LogP contribution in [-0.4, -0.2) is 38.3 Å². The Morgan fingerprint density at radius 2 is 2.00 bits per heavy atom. The second-order valence-electron chi connectivity index (χ2n) is 6.27. The summed E-state index contributed by atoms with van der Waals surface area (Å²) in [5, 5.41) is 3.44. The van der Waals surface area contributed by atoms with Crippen molar-refractivity contribution in [3.8, 4) is 0 Å². The van der Waals surface area contributed by atoms with Crippen molar-refractivity contribution in [2.75, 3.05) is 33.4 Å². The van der Waals surface area contributed by atoms with Gasteiger partial charge in [-0.2, -0.15) is 0 Å². The maximum atomic E-state index is 5.56. The topological polar surface area (TPSA) is 24.5 Å². The minimum absolute atomic E-state index is 0.710. The molecule has 3 heteroatoms. The standard InChI is InChI=1S/C18H30N2O/c1-3-10-19-12-16-6-8-17(9-7-16)13-20(2)14-18-5-4-11-21-15-18/h6-9,18-19H,3-5,10-15H2,1-2H3. The molecule has 2 rings (SSSR count). The molecular formula is C18H30N2O. The molecule has 1 N–H and O–H groups in total. The molecule has 118 valence electrons. The van der Waals surface area contributed by atoms with Crippen LogP contribution in [0, 0.1) is 5.92 Å². The Labute approximate surface area is 129 Å². The molecule has 0 amide bonds. The van der Waals surface area contributed by atoms with Crippen molar-refractivity contribution in [3.63, 3.8) is 0 Å². The van der Waals surface area contributed by atoms with Crippen LogP contribution in [0.3, 0.4) is 0 Å². The second-order valence-corrected chi connectivity index (χ2v) is 6.27. The van der Waals surface area contributed by atoms with Crippen LogP contribution in [0.1, 0.15) is 37.3 Å². The lowest BCUT2D eigenvalue weighted by atomic mass is 10.0. The molecule has 0 spiro atoms. The van der Waals surface area contributed by atoms with Crippen molar-refractivity contribution in [1.82, 2.24) is 10.2 Å². The Balaban J connectivity index is 1.73. The molecule has 0 aliphatic carbocycles. The summed E-state index contributed by atoms with van der Waals surface area (Å²) in [5.74, 6) is 0.710. The molecule has 1 heterocycles. The van der Waals surface area contributed by atoms with Crippen LogP contribution in [0.2, 0.25) is 0 Å². The second kappa shape index (κ2) is 9.19. The number of benzene rings is 1. The van der Waals surface area contributed by atoms with Crippen LogP contribution in [0.4, 0.5) is 0 Å². The minimum atomic E-state index is 0.710. The summed E-state index contributed by atoms with van der Waals surface area (Å²) in [4.78, 5) is 2.42. The third kappa shape index (κ3) is 6.16. The molecule has 0 saturated carbocycles. The predicted molar refractivity (Wildman–Crippen MR) is 88.3 cm³/mol. The predicted octanol–water partition coefficient (Wildman–Crippen LogP) is 3.04. The van der Waals surface area contributed by atoms with Gasteiger partial charge in [-0.05, 0) is 49.9 Å². The van der Waals surface area contributed by atoms with Gasteiger partial charge in [0, 0.05) is 26.2 Å². The van der Waals surface area contributed by atoms with Gasteiger partial charge in [0.15, 0.2) is 0 Å². The van der Waals surface area contributed by atoms with Gasteiger partial charge in [-0.25, -0.2) is 0 Å². The molecule has 21 heavy (non-hydrogen) atoms. The molecular weight excluding hydrogens is 260 g/mol. The molecule has 0 radical (unpaired) electrons. The SMILES string of the molecule is CCCNCc1ccc(CN(C)CC2CCCOC2)cc1. The van der Waals surface area contributed by atoms with Gasteiger partial charge in [0.25, 0.3) is 0 Å². The molecule has 1 aliphatic rings. The van der Waals surface area contributed by atoms with Crippen molar-refractivity contribution in [3.05, 3.63) is 35.4 Å². The lowest BCUT2D eigenvalue weighted by Gasteiger charge is -2.27. The summed E-state index contributed by atoms with van der Waals surface area (Å²) in [7, 11) is 2.21. The van der Waals surface area contributed by atoms with E-state index in [1.54, 1.807) is 0 Å². The molecule has 1 fully saturated rings. The first kappa shape index (κ1) is 16.5. The number of hydrogen-bond acceptors (Lipinski definition) is 3. The van der Waals surface area contributed by atoms with Crippen LogP contribution in [0.25, 0.3) is 0 Å². The zero-order chi connectivity index (χ0) is 14.9. The molecule has 1 aromatic rings. The zero-order valence-electron chi connectivity index (χ0n) is 13.6. The van der Waals surface area contributed by atoms with Crippen LogP contribution in [0.15, 0.2) is 24.3 Å². The normalized spacial score (nSPS) is 19.1. The Morgan fingerprint density at radius 3 is 2.67 bits per heavy atom. The lowest BCUT2D eigenvalue weighted by molar-refractivity contribution is 0.0411. The molecule has 1 atom stereocenters. The van der Waals surface area contributed by atoms with Crippen molar-refractivity contribution < 1.29 is 4.74 Å². The fourth-order valence-electron chi connectivity index (χ4n) is 2.94. The number of rotatable bonds is 8. The van der Waals surface area contributed by atoms with Gasteiger partial charge in [0.1, 0.15) is 0 Å². The Hall–Kier alpha value is -0.900. The smallest absolute Gasteiger partial charge is 0.0506 e. The van der Waals surface area contributed by atoms with E-state index >= 15 is 0 Å².